The highest BCUT2D eigenvalue weighted by atomic mass is 16.5. The minimum Gasteiger partial charge on any atom is -0.497 e. The number of hydrogen-bond acceptors (Lipinski definition) is 5. The topological polar surface area (TPSA) is 56.3 Å². The molecule has 0 saturated carbocycles. The van der Waals surface area contributed by atoms with Crippen LogP contribution in [0.2, 0.25) is 0 Å². The summed E-state index contributed by atoms with van der Waals surface area (Å²) < 4.78 is 5.27. The van der Waals surface area contributed by atoms with Crippen molar-refractivity contribution in [2.75, 3.05) is 52.9 Å². The van der Waals surface area contributed by atoms with E-state index in [-0.39, 0.29) is 5.91 Å². The van der Waals surface area contributed by atoms with Crippen LogP contribution in [-0.2, 0) is 11.3 Å². The Balaban J connectivity index is 1.60. The molecule has 27 heavy (non-hydrogen) atoms. The van der Waals surface area contributed by atoms with Crippen molar-refractivity contribution in [3.63, 3.8) is 0 Å². The molecule has 2 saturated heterocycles. The third-order valence-corrected chi connectivity index (χ3v) is 5.55. The predicted molar refractivity (Wildman–Crippen MR) is 106 cm³/mol. The molecule has 2 aliphatic rings. The second-order valence-corrected chi connectivity index (χ2v) is 7.58. The number of nitrogens with zero attached hydrogens (tertiary/aromatic N) is 3. The van der Waals surface area contributed by atoms with E-state index in [1.165, 1.54) is 0 Å². The molecule has 1 N–H and O–H groups in total. The van der Waals surface area contributed by atoms with Crippen molar-refractivity contribution in [2.24, 2.45) is 0 Å². The van der Waals surface area contributed by atoms with Gasteiger partial charge in [0.05, 0.1) is 7.11 Å². The van der Waals surface area contributed by atoms with Gasteiger partial charge in [0.25, 0.3) is 5.91 Å². The molecule has 1 aromatic rings. The van der Waals surface area contributed by atoms with Gasteiger partial charge in [0, 0.05) is 52.4 Å². The number of ether oxygens (including phenoxy) is 1. The fourth-order valence-corrected chi connectivity index (χ4v) is 4.04. The molecule has 1 atom stereocenters. The molecule has 0 unspecified atom stereocenters. The molecule has 2 heterocycles. The zero-order valence-corrected chi connectivity index (χ0v) is 16.3. The first-order chi connectivity index (χ1) is 13.0. The highest BCUT2D eigenvalue weighted by Crippen LogP contribution is 2.26. The van der Waals surface area contributed by atoms with Crippen LogP contribution >= 0.6 is 0 Å². The first-order valence-electron chi connectivity index (χ1n) is 9.74. The van der Waals surface area contributed by atoms with E-state index in [0.29, 0.717) is 26.1 Å². The second kappa shape index (κ2) is 8.87. The Morgan fingerprint density at radius 1 is 1.22 bits per heavy atom. The van der Waals surface area contributed by atoms with Crippen molar-refractivity contribution < 1.29 is 14.6 Å². The Kier molecular flexibility index (Phi) is 6.52. The molecule has 0 aromatic heterocycles. The van der Waals surface area contributed by atoms with Gasteiger partial charge in [-0.25, -0.2) is 0 Å². The van der Waals surface area contributed by atoms with E-state index in [9.17, 15) is 9.90 Å². The monoisotopic (exact) mass is 373 g/mol. The summed E-state index contributed by atoms with van der Waals surface area (Å²) in [5.74, 6) is 0.634. The van der Waals surface area contributed by atoms with Crippen LogP contribution in [0.15, 0.2) is 36.9 Å². The van der Waals surface area contributed by atoms with Crippen molar-refractivity contribution in [3.05, 3.63) is 42.5 Å². The molecular formula is C21H31N3O3. The second-order valence-electron chi connectivity index (χ2n) is 7.58. The largest absolute Gasteiger partial charge is 0.497 e. The van der Waals surface area contributed by atoms with Crippen LogP contribution in [0.4, 0.5) is 0 Å². The van der Waals surface area contributed by atoms with Gasteiger partial charge in [-0.1, -0.05) is 18.2 Å². The molecule has 3 rings (SSSR count). The maximum absolute atomic E-state index is 13.0. The number of methoxy groups -OCH3 is 1. The molecule has 6 nitrogen and oxygen atoms in total. The van der Waals surface area contributed by atoms with E-state index in [1.807, 2.05) is 30.3 Å². The normalized spacial score (nSPS) is 24.8. The maximum atomic E-state index is 13.0. The van der Waals surface area contributed by atoms with Crippen molar-refractivity contribution in [2.45, 2.75) is 25.0 Å². The Hall–Kier alpha value is -1.89. The van der Waals surface area contributed by atoms with E-state index < -0.39 is 5.60 Å². The smallest absolute Gasteiger partial charge is 0.256 e. The van der Waals surface area contributed by atoms with Crippen molar-refractivity contribution in [1.29, 1.82) is 0 Å². The van der Waals surface area contributed by atoms with Crippen molar-refractivity contribution in [3.8, 4) is 5.75 Å². The number of carbonyl (C=O) groups is 1. The van der Waals surface area contributed by atoms with Gasteiger partial charge < -0.3 is 14.7 Å². The first kappa shape index (κ1) is 19.9. The Labute approximate surface area is 162 Å². The van der Waals surface area contributed by atoms with E-state index in [0.717, 1.165) is 50.5 Å². The zero-order valence-electron chi connectivity index (χ0n) is 16.3. The van der Waals surface area contributed by atoms with E-state index in [2.05, 4.69) is 16.4 Å². The number of rotatable bonds is 7. The summed E-state index contributed by atoms with van der Waals surface area (Å²) in [7, 11) is 1.64. The van der Waals surface area contributed by atoms with Crippen LogP contribution < -0.4 is 4.74 Å². The highest BCUT2D eigenvalue weighted by molar-refractivity contribution is 5.86. The standard InChI is InChI=1S/C21H31N3O3/c1-3-9-22-11-13-23(14-12-22)17-21(26)8-5-10-24(20(21)25)16-18-6-4-7-19(15-18)27-2/h3-4,6-7,15,26H,1,5,8-14,16-17H2,2H3/t21-/m0/s1. The lowest BCUT2D eigenvalue weighted by Gasteiger charge is -2.43. The van der Waals surface area contributed by atoms with Gasteiger partial charge in [-0.3, -0.25) is 14.6 Å². The molecular weight excluding hydrogens is 342 g/mol. The molecule has 148 valence electrons. The Bertz CT molecular complexity index is 658. The molecule has 2 fully saturated rings. The lowest BCUT2D eigenvalue weighted by atomic mass is 9.90. The summed E-state index contributed by atoms with van der Waals surface area (Å²) in [6, 6.07) is 7.75. The van der Waals surface area contributed by atoms with E-state index in [4.69, 9.17) is 4.74 Å². The number of benzene rings is 1. The zero-order chi connectivity index (χ0) is 19.3. The Morgan fingerprint density at radius 2 is 1.96 bits per heavy atom. The van der Waals surface area contributed by atoms with Gasteiger partial charge in [0.2, 0.25) is 0 Å². The number of β-amino-alcohol motifs (C(OH)–C–C–N with tert-alkyl or cyclic N) is 1. The molecule has 6 heteroatoms. The first-order valence-corrected chi connectivity index (χ1v) is 9.74. The molecule has 0 radical (unpaired) electrons. The van der Waals surface area contributed by atoms with Gasteiger partial charge >= 0.3 is 0 Å². The third-order valence-electron chi connectivity index (χ3n) is 5.55. The Morgan fingerprint density at radius 3 is 2.67 bits per heavy atom. The van der Waals surface area contributed by atoms with Gasteiger partial charge in [-0.15, -0.1) is 6.58 Å². The third kappa shape index (κ3) is 4.89. The van der Waals surface area contributed by atoms with E-state index >= 15 is 0 Å². The number of likely N-dealkylation sites (tertiary alicyclic amines) is 1. The van der Waals surface area contributed by atoms with Crippen molar-refractivity contribution >= 4 is 5.91 Å². The summed E-state index contributed by atoms with van der Waals surface area (Å²) in [5, 5.41) is 11.1. The number of aliphatic hydroxyl groups is 1. The van der Waals surface area contributed by atoms with Crippen LogP contribution in [0, 0.1) is 0 Å². The fraction of sp³-hybridized carbons (Fsp3) is 0.571. The minimum absolute atomic E-state index is 0.148. The van der Waals surface area contributed by atoms with Gasteiger partial charge in [-0.2, -0.15) is 0 Å². The summed E-state index contributed by atoms with van der Waals surface area (Å²) in [4.78, 5) is 19.4. The molecule has 2 aliphatic heterocycles. The maximum Gasteiger partial charge on any atom is 0.256 e. The average molecular weight is 373 g/mol. The minimum atomic E-state index is -1.28. The van der Waals surface area contributed by atoms with Gasteiger partial charge in [0.15, 0.2) is 5.60 Å². The van der Waals surface area contributed by atoms with Crippen LogP contribution in [0.3, 0.4) is 0 Å². The SMILES string of the molecule is C=CCN1CCN(C[C@@]2(O)CCCN(Cc3cccc(OC)c3)C2=O)CC1. The lowest BCUT2D eigenvalue weighted by molar-refractivity contribution is -0.160. The molecule has 0 spiro atoms. The summed E-state index contributed by atoms with van der Waals surface area (Å²) in [6.45, 7) is 9.94. The molecule has 1 aromatic carbocycles. The van der Waals surface area contributed by atoms with Crippen LogP contribution in [0.25, 0.3) is 0 Å². The number of amides is 1. The molecule has 0 aliphatic carbocycles. The van der Waals surface area contributed by atoms with Gasteiger partial charge in [0.1, 0.15) is 5.75 Å². The molecule has 1 amide bonds. The average Bonchev–Trinajstić information content (AvgIpc) is 2.68. The fourth-order valence-electron chi connectivity index (χ4n) is 4.04. The van der Waals surface area contributed by atoms with Crippen LogP contribution in [0.1, 0.15) is 18.4 Å². The van der Waals surface area contributed by atoms with Crippen LogP contribution in [0.5, 0.6) is 5.75 Å². The number of piperazine rings is 1. The van der Waals surface area contributed by atoms with Crippen molar-refractivity contribution in [1.82, 2.24) is 14.7 Å². The van der Waals surface area contributed by atoms with Gasteiger partial charge in [-0.05, 0) is 30.5 Å². The number of piperidine rings is 1. The quantitative estimate of drug-likeness (QED) is 0.732. The number of carbonyl (C=O) groups excluding carboxylic acids is 1. The van der Waals surface area contributed by atoms with Crippen LogP contribution in [-0.4, -0.2) is 84.2 Å². The van der Waals surface area contributed by atoms with E-state index in [1.54, 1.807) is 12.0 Å². The number of hydrogen-bond donors (Lipinski definition) is 1. The highest BCUT2D eigenvalue weighted by Gasteiger charge is 2.43. The molecule has 0 bridgehead atoms. The lowest BCUT2D eigenvalue weighted by Crippen LogP contribution is -2.60. The summed E-state index contributed by atoms with van der Waals surface area (Å²) in [5.41, 5.74) is -0.262. The summed E-state index contributed by atoms with van der Waals surface area (Å²) in [6.07, 6.45) is 3.28. The predicted octanol–water partition coefficient (Wildman–Crippen LogP) is 1.35. The summed E-state index contributed by atoms with van der Waals surface area (Å²) >= 11 is 0.